The number of hydrogen-bond donors (Lipinski definition) is 2. The van der Waals surface area contributed by atoms with Crippen LogP contribution in [0, 0.1) is 0 Å². The fraction of sp³-hybridized carbons (Fsp3) is 0.450. The van der Waals surface area contributed by atoms with Gasteiger partial charge in [-0.3, -0.25) is 19.1 Å². The molecule has 0 aliphatic carbocycles. The highest BCUT2D eigenvalue weighted by molar-refractivity contribution is 7.99. The Hall–Kier alpha value is -2.86. The number of thiophene rings is 1. The van der Waals surface area contributed by atoms with E-state index in [1.165, 1.54) is 21.2 Å². The second-order valence-electron chi connectivity index (χ2n) is 6.95. The number of hydrogen-bond acceptors (Lipinski definition) is 8. The predicted molar refractivity (Wildman–Crippen MR) is 128 cm³/mol. The molecule has 0 bridgehead atoms. The molecule has 0 spiro atoms. The molecule has 3 heterocycles. The second kappa shape index (κ2) is 10.6. The van der Waals surface area contributed by atoms with Crippen molar-refractivity contribution in [3.8, 4) is 10.7 Å². The standard InChI is InChI=1S/C20H27N7O3S2/c1-4-7-10-27-16(21)15(18(29)22-19(27)30)25(5-2)14(28)12-32-20-24-23-17(26(20)6-3)13-9-8-11-31-13/h8-9,11H,4-7,10,12,21H2,1-3H3,(H,22,29,30). The zero-order chi connectivity index (χ0) is 23.3. The highest BCUT2D eigenvalue weighted by atomic mass is 32.2. The number of nitrogen functional groups attached to an aromatic ring is 1. The predicted octanol–water partition coefficient (Wildman–Crippen LogP) is 2.40. The number of nitrogens with zero attached hydrogens (tertiary/aromatic N) is 5. The average molecular weight is 478 g/mol. The van der Waals surface area contributed by atoms with Gasteiger partial charge in [0.2, 0.25) is 5.91 Å². The minimum atomic E-state index is -0.669. The molecule has 0 unspecified atom stereocenters. The third kappa shape index (κ3) is 4.80. The lowest BCUT2D eigenvalue weighted by atomic mass is 10.3. The van der Waals surface area contributed by atoms with Gasteiger partial charge in [-0.25, -0.2) is 4.79 Å². The summed E-state index contributed by atoms with van der Waals surface area (Å²) >= 11 is 2.82. The maximum atomic E-state index is 13.1. The molecule has 0 atom stereocenters. The zero-order valence-electron chi connectivity index (χ0n) is 18.3. The van der Waals surface area contributed by atoms with Crippen LogP contribution in [-0.2, 0) is 17.9 Å². The smallest absolute Gasteiger partial charge is 0.330 e. The van der Waals surface area contributed by atoms with Gasteiger partial charge in [-0.1, -0.05) is 31.2 Å². The lowest BCUT2D eigenvalue weighted by Gasteiger charge is -2.23. The number of anilines is 2. The summed E-state index contributed by atoms with van der Waals surface area (Å²) in [7, 11) is 0. The summed E-state index contributed by atoms with van der Waals surface area (Å²) in [4.78, 5) is 42.4. The monoisotopic (exact) mass is 477 g/mol. The van der Waals surface area contributed by atoms with Gasteiger partial charge < -0.3 is 15.2 Å². The van der Waals surface area contributed by atoms with Gasteiger partial charge in [-0.15, -0.1) is 21.5 Å². The number of aromatic nitrogens is 5. The number of nitrogens with one attached hydrogen (secondary N) is 1. The van der Waals surface area contributed by atoms with Crippen LogP contribution in [-0.4, -0.2) is 42.5 Å². The van der Waals surface area contributed by atoms with Crippen LogP contribution in [0.2, 0.25) is 0 Å². The van der Waals surface area contributed by atoms with Gasteiger partial charge in [-0.05, 0) is 31.7 Å². The number of H-pyrrole nitrogens is 1. The number of amides is 1. The first-order valence-corrected chi connectivity index (χ1v) is 12.3. The highest BCUT2D eigenvalue weighted by Gasteiger charge is 2.24. The van der Waals surface area contributed by atoms with Crippen molar-refractivity contribution in [2.45, 2.75) is 51.9 Å². The van der Waals surface area contributed by atoms with E-state index >= 15 is 0 Å². The number of nitrogens with two attached hydrogens (primary N) is 1. The summed E-state index contributed by atoms with van der Waals surface area (Å²) in [6, 6.07) is 3.92. The van der Waals surface area contributed by atoms with Crippen LogP contribution >= 0.6 is 23.1 Å². The van der Waals surface area contributed by atoms with Crippen molar-refractivity contribution in [3.63, 3.8) is 0 Å². The summed E-state index contributed by atoms with van der Waals surface area (Å²) in [5.41, 5.74) is 4.93. The first-order chi connectivity index (χ1) is 15.4. The Morgan fingerprint density at radius 2 is 2.03 bits per heavy atom. The number of carbonyl (C=O) groups excluding carboxylic acids is 1. The van der Waals surface area contributed by atoms with Crippen LogP contribution in [0.5, 0.6) is 0 Å². The molecule has 0 fully saturated rings. The Labute approximate surface area is 193 Å². The fourth-order valence-electron chi connectivity index (χ4n) is 3.31. The molecular formula is C20H27N7O3S2. The van der Waals surface area contributed by atoms with Crippen LogP contribution in [0.15, 0.2) is 32.3 Å². The molecule has 0 aromatic carbocycles. The summed E-state index contributed by atoms with van der Waals surface area (Å²) in [5, 5.41) is 11.1. The third-order valence-electron chi connectivity index (χ3n) is 4.94. The molecule has 3 rings (SSSR count). The maximum absolute atomic E-state index is 13.1. The molecule has 3 N–H and O–H groups in total. The van der Waals surface area contributed by atoms with E-state index in [4.69, 9.17) is 5.73 Å². The first kappa shape index (κ1) is 23.8. The quantitative estimate of drug-likeness (QED) is 0.429. The van der Waals surface area contributed by atoms with E-state index in [0.29, 0.717) is 18.2 Å². The Kier molecular flexibility index (Phi) is 7.91. The van der Waals surface area contributed by atoms with Crippen LogP contribution in [0.1, 0.15) is 33.6 Å². The van der Waals surface area contributed by atoms with E-state index in [2.05, 4.69) is 15.2 Å². The molecule has 10 nitrogen and oxygen atoms in total. The fourth-order valence-corrected chi connectivity index (χ4v) is 4.90. The van der Waals surface area contributed by atoms with Gasteiger partial charge in [0.1, 0.15) is 5.82 Å². The normalized spacial score (nSPS) is 11.1. The highest BCUT2D eigenvalue weighted by Crippen LogP contribution is 2.27. The van der Waals surface area contributed by atoms with E-state index in [0.717, 1.165) is 23.5 Å². The van der Waals surface area contributed by atoms with Crippen molar-refractivity contribution in [2.24, 2.45) is 0 Å². The van der Waals surface area contributed by atoms with E-state index < -0.39 is 11.2 Å². The average Bonchev–Trinajstić information content (AvgIpc) is 3.43. The molecule has 0 saturated carbocycles. The van der Waals surface area contributed by atoms with Crippen LogP contribution in [0.3, 0.4) is 0 Å². The first-order valence-electron chi connectivity index (χ1n) is 10.5. The molecule has 0 aliphatic rings. The van der Waals surface area contributed by atoms with Gasteiger partial charge in [0, 0.05) is 19.6 Å². The molecule has 3 aromatic heterocycles. The zero-order valence-corrected chi connectivity index (χ0v) is 20.0. The van der Waals surface area contributed by atoms with Crippen molar-refractivity contribution in [1.82, 2.24) is 24.3 Å². The van der Waals surface area contributed by atoms with Gasteiger partial charge in [0.15, 0.2) is 16.7 Å². The van der Waals surface area contributed by atoms with Crippen molar-refractivity contribution in [3.05, 3.63) is 38.4 Å². The van der Waals surface area contributed by atoms with Crippen molar-refractivity contribution >= 4 is 40.5 Å². The van der Waals surface area contributed by atoms with Crippen LogP contribution < -0.4 is 21.9 Å². The van der Waals surface area contributed by atoms with Gasteiger partial charge in [-0.2, -0.15) is 0 Å². The minimum absolute atomic E-state index is 0.00380. The summed E-state index contributed by atoms with van der Waals surface area (Å²) in [5.74, 6) is 0.500. The van der Waals surface area contributed by atoms with E-state index in [-0.39, 0.29) is 29.7 Å². The van der Waals surface area contributed by atoms with Gasteiger partial charge in [0.25, 0.3) is 5.56 Å². The topological polar surface area (TPSA) is 132 Å². The number of thioether (sulfide) groups is 1. The summed E-state index contributed by atoms with van der Waals surface area (Å²) < 4.78 is 3.26. The Morgan fingerprint density at radius 3 is 2.66 bits per heavy atom. The van der Waals surface area contributed by atoms with Crippen LogP contribution in [0.25, 0.3) is 10.7 Å². The molecule has 0 radical (unpaired) electrons. The Bertz CT molecular complexity index is 1180. The number of rotatable bonds is 10. The molecule has 172 valence electrons. The summed E-state index contributed by atoms with van der Waals surface area (Å²) in [6.07, 6.45) is 1.59. The maximum Gasteiger partial charge on any atom is 0.330 e. The van der Waals surface area contributed by atoms with Crippen molar-refractivity contribution < 1.29 is 4.79 Å². The molecule has 0 saturated heterocycles. The lowest BCUT2D eigenvalue weighted by molar-refractivity contribution is -0.116. The Morgan fingerprint density at radius 1 is 1.25 bits per heavy atom. The van der Waals surface area contributed by atoms with E-state index in [1.54, 1.807) is 18.3 Å². The molecule has 3 aromatic rings. The van der Waals surface area contributed by atoms with Crippen molar-refractivity contribution in [1.29, 1.82) is 0 Å². The molecule has 32 heavy (non-hydrogen) atoms. The molecule has 12 heteroatoms. The second-order valence-corrected chi connectivity index (χ2v) is 8.84. The number of unbranched alkanes of at least 4 members (excludes halogenated alkanes) is 1. The van der Waals surface area contributed by atoms with E-state index in [1.807, 2.05) is 35.9 Å². The van der Waals surface area contributed by atoms with Gasteiger partial charge in [0.05, 0.1) is 10.6 Å². The third-order valence-corrected chi connectivity index (χ3v) is 6.75. The van der Waals surface area contributed by atoms with Crippen LogP contribution in [0.4, 0.5) is 11.5 Å². The molecule has 0 aliphatic heterocycles. The SMILES string of the molecule is CCCCn1c(N)c(N(CC)C(=O)CSc2nnc(-c3cccs3)n2CC)c(=O)[nH]c1=O. The molecular weight excluding hydrogens is 450 g/mol. The van der Waals surface area contributed by atoms with Gasteiger partial charge >= 0.3 is 5.69 Å². The number of aromatic amines is 1. The largest absolute Gasteiger partial charge is 0.383 e. The van der Waals surface area contributed by atoms with E-state index in [9.17, 15) is 14.4 Å². The minimum Gasteiger partial charge on any atom is -0.383 e. The lowest BCUT2D eigenvalue weighted by Crippen LogP contribution is -2.41. The van der Waals surface area contributed by atoms with Crippen molar-refractivity contribution in [2.75, 3.05) is 22.9 Å². The Balaban J connectivity index is 1.84. The number of carbonyl (C=O) groups is 1. The summed E-state index contributed by atoms with van der Waals surface area (Å²) in [6.45, 7) is 7.00. The molecule has 1 amide bonds.